The van der Waals surface area contributed by atoms with Crippen molar-refractivity contribution in [3.8, 4) is 62.2 Å². The normalized spacial score (nSPS) is 14.6. The lowest BCUT2D eigenvalue weighted by atomic mass is 9.66. The predicted octanol–water partition coefficient (Wildman–Crippen LogP) is 19.9. The first-order valence-corrected chi connectivity index (χ1v) is 28.4. The zero-order valence-corrected chi connectivity index (χ0v) is 46.8. The number of hydrogen-bond acceptors (Lipinski definition) is 5. The average molecular weight is 1070 g/mol. The van der Waals surface area contributed by atoms with Gasteiger partial charge in [0.1, 0.15) is 35.5 Å². The van der Waals surface area contributed by atoms with E-state index in [9.17, 15) is 0 Å². The van der Waals surface area contributed by atoms with Crippen molar-refractivity contribution in [2.45, 2.75) is 64.6 Å². The van der Waals surface area contributed by atoms with Crippen LogP contribution in [0.5, 0.6) is 23.0 Å². The monoisotopic (exact) mass is 1070 g/mol. The Morgan fingerprint density at radius 3 is 1.84 bits per heavy atom. The van der Waals surface area contributed by atoms with E-state index in [0.29, 0.717) is 24.0 Å². The van der Waals surface area contributed by atoms with Crippen molar-refractivity contribution in [1.29, 1.82) is 0 Å². The van der Waals surface area contributed by atoms with Crippen LogP contribution in [0.1, 0.15) is 84.6 Å². The molecule has 2 aliphatic heterocycles. The molecular weight excluding hydrogens is 1000 g/mol. The van der Waals surface area contributed by atoms with E-state index in [1.165, 1.54) is 38.9 Å². The topological polar surface area (TPSA) is 42.8 Å². The molecule has 0 radical (unpaired) electrons. The SMILES string of the molecule is [2H]C([2H])([2H])c1ccnc(-n2c3ccccc3c3ccc(Oc4cccc(N5CN(c6c(-c7cc(C(C)(C)C)cc(C(C)(C)C)c7)cccc6-c6cccc7c6-c6ccccc6C76c7ccccc7Oc7ccccc76)c6ccccc65)c4)cc32)c1. The van der Waals surface area contributed by atoms with Crippen molar-refractivity contribution in [3.63, 3.8) is 0 Å². The second-order valence-electron chi connectivity index (χ2n) is 24.1. The molecule has 1 spiro atoms. The Hall–Kier alpha value is -9.65. The highest BCUT2D eigenvalue weighted by atomic mass is 16.5. The van der Waals surface area contributed by atoms with Crippen LogP contribution in [0.2, 0.25) is 0 Å². The Labute approximate surface area is 484 Å². The Kier molecular flexibility index (Phi) is 10.4. The van der Waals surface area contributed by atoms with E-state index >= 15 is 0 Å². The number of ether oxygens (including phenoxy) is 2. The Morgan fingerprint density at radius 1 is 0.488 bits per heavy atom. The Balaban J connectivity index is 0.895. The van der Waals surface area contributed by atoms with Crippen LogP contribution in [0.15, 0.2) is 237 Å². The van der Waals surface area contributed by atoms with Crippen LogP contribution in [0.3, 0.4) is 0 Å². The van der Waals surface area contributed by atoms with Gasteiger partial charge in [0.05, 0.1) is 33.5 Å². The van der Waals surface area contributed by atoms with Gasteiger partial charge in [0.2, 0.25) is 0 Å². The van der Waals surface area contributed by atoms with E-state index in [2.05, 4.69) is 233 Å². The van der Waals surface area contributed by atoms with E-state index < -0.39 is 12.3 Å². The van der Waals surface area contributed by atoms with Crippen molar-refractivity contribution < 1.29 is 13.6 Å². The fourth-order valence-corrected chi connectivity index (χ4v) is 13.3. The third-order valence-electron chi connectivity index (χ3n) is 17.2. The summed E-state index contributed by atoms with van der Waals surface area (Å²) in [4.78, 5) is 9.63. The number of aromatic nitrogens is 2. The van der Waals surface area contributed by atoms with Crippen LogP contribution in [0.25, 0.3) is 61.0 Å². The molecule has 6 nitrogen and oxygen atoms in total. The molecular formula is C76H62N4O2. The molecule has 4 heterocycles. The van der Waals surface area contributed by atoms with Crippen LogP contribution in [-0.2, 0) is 16.2 Å². The highest BCUT2D eigenvalue weighted by Gasteiger charge is 2.52. The third kappa shape index (κ3) is 7.65. The molecule has 1 aliphatic carbocycles. The number of anilines is 4. The molecule has 398 valence electrons. The maximum absolute atomic E-state index is 8.18. The molecule has 0 unspecified atom stereocenters. The maximum Gasteiger partial charge on any atom is 0.137 e. The van der Waals surface area contributed by atoms with Crippen molar-refractivity contribution in [1.82, 2.24) is 9.55 Å². The zero-order chi connectivity index (χ0) is 58.1. The van der Waals surface area contributed by atoms with Gasteiger partial charge in [0.25, 0.3) is 0 Å². The number of para-hydroxylation sites is 6. The number of pyridine rings is 1. The van der Waals surface area contributed by atoms with Crippen molar-refractivity contribution in [2.24, 2.45) is 0 Å². The van der Waals surface area contributed by atoms with E-state index in [1.807, 2.05) is 41.0 Å². The molecule has 12 aromatic rings. The molecule has 3 aliphatic rings. The fraction of sp³-hybridized carbons (Fsp3) is 0.145. The third-order valence-corrected chi connectivity index (χ3v) is 17.2. The predicted molar refractivity (Wildman–Crippen MR) is 338 cm³/mol. The summed E-state index contributed by atoms with van der Waals surface area (Å²) in [6.07, 6.45) is 1.57. The Morgan fingerprint density at radius 2 is 1.09 bits per heavy atom. The molecule has 0 fully saturated rings. The average Bonchev–Trinajstić information content (AvgIpc) is 1.57. The van der Waals surface area contributed by atoms with Crippen LogP contribution in [-0.4, -0.2) is 16.2 Å². The van der Waals surface area contributed by atoms with Gasteiger partial charge in [-0.2, -0.15) is 0 Å². The molecule has 0 N–H and O–H groups in total. The molecule has 15 rings (SSSR count). The van der Waals surface area contributed by atoms with Gasteiger partial charge in [0.15, 0.2) is 0 Å². The van der Waals surface area contributed by atoms with E-state index in [1.54, 1.807) is 18.3 Å². The van der Waals surface area contributed by atoms with Gasteiger partial charge in [-0.1, -0.05) is 193 Å². The highest BCUT2D eigenvalue weighted by molar-refractivity contribution is 6.10. The van der Waals surface area contributed by atoms with Crippen LogP contribution in [0.4, 0.5) is 22.7 Å². The van der Waals surface area contributed by atoms with Gasteiger partial charge in [-0.05, 0) is 134 Å². The zero-order valence-electron chi connectivity index (χ0n) is 49.8. The highest BCUT2D eigenvalue weighted by Crippen LogP contribution is 2.64. The lowest BCUT2D eigenvalue weighted by Gasteiger charge is -2.39. The summed E-state index contributed by atoms with van der Waals surface area (Å²) < 4.78 is 40.2. The minimum absolute atomic E-state index is 0.110. The van der Waals surface area contributed by atoms with Gasteiger partial charge >= 0.3 is 0 Å². The van der Waals surface area contributed by atoms with Crippen molar-refractivity contribution in [3.05, 3.63) is 276 Å². The molecule has 2 aromatic heterocycles. The summed E-state index contributed by atoms with van der Waals surface area (Å²) in [6, 6.07) is 81.9. The molecule has 0 saturated carbocycles. The molecule has 0 atom stereocenters. The van der Waals surface area contributed by atoms with Gasteiger partial charge in [-0.25, -0.2) is 4.98 Å². The van der Waals surface area contributed by atoms with Gasteiger partial charge in [0, 0.05) is 61.2 Å². The summed E-state index contributed by atoms with van der Waals surface area (Å²) in [5, 5.41) is 2.04. The van der Waals surface area contributed by atoms with Crippen LogP contribution < -0.4 is 19.3 Å². The number of benzene rings is 10. The standard InChI is InChI=1S/C76H62N4O2/c1-48-39-40-77-71(41-48)80-65-32-13-9-23-56(65)57-38-37-54(46-68(57)80)81-53-22-18-21-52(45-53)78-47-79(67-34-15-14-33-66(67)78)73-55(49-42-50(74(2,3)4)44-51(43-49)75(5,6)7)25-19-27-59(73)58-26-20-31-64-72(58)60-24-8-10-28-61(60)76(64)62-29-11-16-35-69(62)82-70-36-17-12-30-63(70)76/h8-46H,47H2,1-7H3/i1D3. The summed E-state index contributed by atoms with van der Waals surface area (Å²) >= 11 is 0. The Bertz CT molecular complexity index is 4620. The number of rotatable bonds is 7. The summed E-state index contributed by atoms with van der Waals surface area (Å²) in [5.41, 5.74) is 19.8. The largest absolute Gasteiger partial charge is 0.457 e. The number of aryl methyl sites for hydroxylation is 1. The molecule has 0 saturated heterocycles. The second kappa shape index (κ2) is 18.4. The molecule has 82 heavy (non-hydrogen) atoms. The number of nitrogens with zero attached hydrogens (tertiary/aromatic N) is 4. The minimum atomic E-state index is -2.28. The summed E-state index contributed by atoms with van der Waals surface area (Å²) in [6.45, 7) is 12.1. The smallest absolute Gasteiger partial charge is 0.137 e. The number of hydrogen-bond donors (Lipinski definition) is 0. The maximum atomic E-state index is 8.18. The lowest BCUT2D eigenvalue weighted by molar-refractivity contribution is 0.436. The molecule has 10 aromatic carbocycles. The van der Waals surface area contributed by atoms with E-state index in [4.69, 9.17) is 18.6 Å². The van der Waals surface area contributed by atoms with Gasteiger partial charge in [-0.15, -0.1) is 0 Å². The van der Waals surface area contributed by atoms with Crippen LogP contribution in [0, 0.1) is 6.85 Å². The van der Waals surface area contributed by atoms with Crippen LogP contribution >= 0.6 is 0 Å². The second-order valence-corrected chi connectivity index (χ2v) is 24.1. The fourth-order valence-electron chi connectivity index (χ4n) is 13.3. The van der Waals surface area contributed by atoms with Gasteiger partial charge in [-0.3, -0.25) is 4.57 Å². The lowest BCUT2D eigenvalue weighted by Crippen LogP contribution is -2.32. The van der Waals surface area contributed by atoms with E-state index in [-0.39, 0.29) is 16.4 Å². The first-order chi connectivity index (χ1) is 41.0. The first kappa shape index (κ1) is 46.1. The number of fused-ring (bicyclic) bond motifs is 13. The molecule has 0 amide bonds. The minimum Gasteiger partial charge on any atom is -0.457 e. The summed E-state index contributed by atoms with van der Waals surface area (Å²) in [5.74, 6) is 3.58. The van der Waals surface area contributed by atoms with Gasteiger partial charge < -0.3 is 19.3 Å². The summed E-state index contributed by atoms with van der Waals surface area (Å²) in [7, 11) is 0. The van der Waals surface area contributed by atoms with Crippen molar-refractivity contribution in [2.75, 3.05) is 16.5 Å². The quantitative estimate of drug-likeness (QED) is 0.159. The molecule has 6 heteroatoms. The van der Waals surface area contributed by atoms with Crippen molar-refractivity contribution >= 4 is 44.6 Å². The van der Waals surface area contributed by atoms with E-state index in [0.717, 1.165) is 83.9 Å². The first-order valence-electron chi connectivity index (χ1n) is 29.9. The molecule has 0 bridgehead atoms.